The highest BCUT2D eigenvalue weighted by Gasteiger charge is 2.36. The fraction of sp³-hybridized carbons (Fsp3) is 0.250. The number of carbonyl (C=O) groups excluding carboxylic acids is 2. The van der Waals surface area contributed by atoms with E-state index in [9.17, 15) is 27.2 Å². The Morgan fingerprint density at radius 1 is 1.17 bits per heavy atom. The molecule has 1 N–H and O–H groups in total. The van der Waals surface area contributed by atoms with Crippen LogP contribution in [0.1, 0.15) is 44.6 Å². The summed E-state index contributed by atoms with van der Waals surface area (Å²) in [5.41, 5.74) is 4.40. The van der Waals surface area contributed by atoms with Crippen LogP contribution in [0.25, 0.3) is 0 Å². The number of nitrogens with zero attached hydrogens (tertiary/aromatic N) is 4. The van der Waals surface area contributed by atoms with E-state index in [0.29, 0.717) is 11.3 Å². The molecule has 3 aromatic rings. The van der Waals surface area contributed by atoms with Gasteiger partial charge in [0, 0.05) is 31.3 Å². The zero-order valence-corrected chi connectivity index (χ0v) is 18.2. The first-order chi connectivity index (χ1) is 16.7. The van der Waals surface area contributed by atoms with Crippen LogP contribution in [0.5, 0.6) is 0 Å². The van der Waals surface area contributed by atoms with Crippen molar-refractivity contribution in [3.8, 4) is 0 Å². The molecule has 0 saturated heterocycles. The minimum atomic E-state index is -4.58. The third-order valence-corrected chi connectivity index (χ3v) is 6.09. The average molecular weight is 485 g/mol. The Labute approximate surface area is 197 Å². The minimum Gasteiger partial charge on any atom is -0.331 e. The van der Waals surface area contributed by atoms with Crippen LogP contribution in [0.15, 0.2) is 53.8 Å². The number of hydrazone groups is 1. The molecule has 7 nitrogen and oxygen atoms in total. The van der Waals surface area contributed by atoms with Crippen LogP contribution < -0.4 is 5.43 Å². The van der Waals surface area contributed by atoms with Crippen molar-refractivity contribution in [2.24, 2.45) is 5.10 Å². The smallest absolute Gasteiger partial charge is 0.331 e. The molecule has 0 saturated carbocycles. The molecule has 3 heterocycles. The molecule has 35 heavy (non-hydrogen) atoms. The summed E-state index contributed by atoms with van der Waals surface area (Å²) in [6.07, 6.45) is -2.63. The first kappa shape index (κ1) is 22.8. The minimum absolute atomic E-state index is 0.0949. The first-order valence-corrected chi connectivity index (χ1v) is 10.8. The predicted octanol–water partition coefficient (Wildman–Crippen LogP) is 3.49. The van der Waals surface area contributed by atoms with Gasteiger partial charge in [-0.25, -0.2) is 9.37 Å². The number of hydrogen-bond donors (Lipinski definition) is 1. The van der Waals surface area contributed by atoms with Crippen molar-refractivity contribution in [2.45, 2.75) is 31.7 Å². The van der Waals surface area contributed by atoms with Crippen molar-refractivity contribution < 1.29 is 27.2 Å². The van der Waals surface area contributed by atoms with Crippen molar-refractivity contribution in [2.75, 3.05) is 6.54 Å². The van der Waals surface area contributed by atoms with Crippen LogP contribution in [0, 0.1) is 5.82 Å². The zero-order chi connectivity index (χ0) is 24.7. The van der Waals surface area contributed by atoms with Gasteiger partial charge in [-0.3, -0.25) is 10.2 Å². The van der Waals surface area contributed by atoms with Gasteiger partial charge in [-0.1, -0.05) is 30.3 Å². The molecule has 0 radical (unpaired) electrons. The van der Waals surface area contributed by atoms with E-state index in [2.05, 4.69) is 15.5 Å². The van der Waals surface area contributed by atoms with Crippen LogP contribution >= 0.6 is 0 Å². The molecule has 1 amide bonds. The van der Waals surface area contributed by atoms with Gasteiger partial charge in [-0.05, 0) is 23.3 Å². The van der Waals surface area contributed by atoms with E-state index in [4.69, 9.17) is 0 Å². The average Bonchev–Trinajstić information content (AvgIpc) is 3.29. The van der Waals surface area contributed by atoms with Gasteiger partial charge >= 0.3 is 6.18 Å². The van der Waals surface area contributed by atoms with Gasteiger partial charge in [0.2, 0.25) is 0 Å². The molecule has 1 unspecified atom stereocenters. The van der Waals surface area contributed by atoms with Gasteiger partial charge in [-0.2, -0.15) is 18.3 Å². The summed E-state index contributed by atoms with van der Waals surface area (Å²) in [5, 5.41) is 4.30. The van der Waals surface area contributed by atoms with Gasteiger partial charge in [-0.15, -0.1) is 0 Å². The number of amides is 1. The molecule has 5 rings (SSSR count). The normalized spacial score (nSPS) is 17.2. The highest BCUT2D eigenvalue weighted by Crippen LogP contribution is 2.30. The lowest BCUT2D eigenvalue weighted by molar-refractivity contribution is -0.141. The number of imidazole rings is 1. The molecule has 0 bridgehead atoms. The lowest BCUT2D eigenvalue weighted by Gasteiger charge is -2.28. The number of nitrogens with one attached hydrogen (secondary N) is 1. The predicted molar refractivity (Wildman–Crippen MR) is 117 cm³/mol. The van der Waals surface area contributed by atoms with Crippen molar-refractivity contribution in [3.63, 3.8) is 0 Å². The van der Waals surface area contributed by atoms with Gasteiger partial charge in [0.1, 0.15) is 24.0 Å². The number of benzene rings is 2. The lowest BCUT2D eigenvalue weighted by Crippen LogP contribution is -2.38. The van der Waals surface area contributed by atoms with Crippen molar-refractivity contribution in [3.05, 3.63) is 88.3 Å². The molecule has 1 aromatic heterocycles. The van der Waals surface area contributed by atoms with Crippen molar-refractivity contribution in [1.82, 2.24) is 19.9 Å². The number of aromatic nitrogens is 2. The van der Waals surface area contributed by atoms with Gasteiger partial charge in [0.15, 0.2) is 5.69 Å². The molecule has 1 atom stereocenters. The molecule has 2 aliphatic heterocycles. The maximum atomic E-state index is 14.6. The fourth-order valence-corrected chi connectivity index (χ4v) is 4.32. The second kappa shape index (κ2) is 8.64. The van der Waals surface area contributed by atoms with E-state index < -0.39 is 29.6 Å². The molecule has 2 aliphatic rings. The summed E-state index contributed by atoms with van der Waals surface area (Å²) in [6.45, 7) is 0.0958. The Hall–Kier alpha value is -4.02. The highest BCUT2D eigenvalue weighted by molar-refractivity contribution is 6.04. The zero-order valence-electron chi connectivity index (χ0n) is 18.2. The molecular weight excluding hydrogens is 466 g/mol. The number of carbonyl (C=O) groups is 2. The van der Waals surface area contributed by atoms with E-state index in [-0.39, 0.29) is 37.4 Å². The lowest BCUT2D eigenvalue weighted by atomic mass is 9.92. The second-order valence-electron chi connectivity index (χ2n) is 8.34. The summed E-state index contributed by atoms with van der Waals surface area (Å²) >= 11 is 0. The first-order valence-electron chi connectivity index (χ1n) is 10.8. The molecule has 0 aliphatic carbocycles. The number of aldehydes is 1. The quantitative estimate of drug-likeness (QED) is 0.453. The SMILES string of the molecule is O=CC1NN=C(Cc2ccc(F)c(C(=O)N3CCn4cc(C(F)(F)F)nc4C3)c2)c2ccccc21. The summed E-state index contributed by atoms with van der Waals surface area (Å²) in [5.74, 6) is -1.26. The van der Waals surface area contributed by atoms with Crippen molar-refractivity contribution in [1.29, 1.82) is 0 Å². The van der Waals surface area contributed by atoms with Gasteiger partial charge in [0.25, 0.3) is 5.91 Å². The Kier molecular flexibility index (Phi) is 5.62. The maximum Gasteiger partial charge on any atom is 0.434 e. The Morgan fingerprint density at radius 2 is 1.97 bits per heavy atom. The molecule has 2 aromatic carbocycles. The summed E-state index contributed by atoms with van der Waals surface area (Å²) in [6, 6.07) is 10.9. The number of hydrogen-bond acceptors (Lipinski definition) is 5. The standard InChI is InChI=1S/C24H19F4N5O2/c25-18-6-5-14(10-19-15-3-1-2-4-16(15)20(13-34)31-30-19)9-17(18)23(35)33-8-7-32-11-21(24(26,27)28)29-22(32)12-33/h1-6,9,11,13,20,31H,7-8,10,12H2. The Bertz CT molecular complexity index is 1350. The monoisotopic (exact) mass is 485 g/mol. The molecule has 180 valence electrons. The van der Waals surface area contributed by atoms with Crippen LogP contribution in [-0.2, 0) is 30.5 Å². The number of fused-ring (bicyclic) bond motifs is 2. The maximum absolute atomic E-state index is 14.6. The van der Waals surface area contributed by atoms with E-state index >= 15 is 0 Å². The summed E-state index contributed by atoms with van der Waals surface area (Å²) in [7, 11) is 0. The van der Waals surface area contributed by atoms with Gasteiger partial charge < -0.3 is 14.3 Å². The van der Waals surface area contributed by atoms with E-state index in [1.54, 1.807) is 6.07 Å². The van der Waals surface area contributed by atoms with Crippen LogP contribution in [0.3, 0.4) is 0 Å². The third kappa shape index (κ3) is 4.29. The second-order valence-corrected chi connectivity index (χ2v) is 8.34. The largest absolute Gasteiger partial charge is 0.434 e. The number of halogens is 4. The number of alkyl halides is 3. The molecular formula is C24H19F4N5O2. The van der Waals surface area contributed by atoms with E-state index in [0.717, 1.165) is 23.6 Å². The summed E-state index contributed by atoms with van der Waals surface area (Å²) in [4.78, 5) is 29.3. The van der Waals surface area contributed by atoms with Crippen LogP contribution in [0.2, 0.25) is 0 Å². The van der Waals surface area contributed by atoms with Crippen molar-refractivity contribution >= 4 is 17.9 Å². The van der Waals surface area contributed by atoms with Crippen LogP contribution in [0.4, 0.5) is 17.6 Å². The molecule has 11 heteroatoms. The fourth-order valence-electron chi connectivity index (χ4n) is 4.32. The third-order valence-electron chi connectivity index (χ3n) is 6.09. The molecule has 0 fully saturated rings. The van der Waals surface area contributed by atoms with E-state index in [1.165, 1.54) is 21.6 Å². The Balaban J connectivity index is 1.38. The topological polar surface area (TPSA) is 79.6 Å². The Morgan fingerprint density at radius 3 is 2.74 bits per heavy atom. The highest BCUT2D eigenvalue weighted by atomic mass is 19.4. The number of rotatable bonds is 4. The van der Waals surface area contributed by atoms with Crippen LogP contribution in [-0.4, -0.2) is 38.9 Å². The molecule has 0 spiro atoms. The van der Waals surface area contributed by atoms with Gasteiger partial charge in [0.05, 0.1) is 17.8 Å². The van der Waals surface area contributed by atoms with E-state index in [1.807, 2.05) is 24.3 Å². The summed E-state index contributed by atoms with van der Waals surface area (Å²) < 4.78 is 55.0.